The molecule has 0 aliphatic rings. The van der Waals surface area contributed by atoms with Crippen molar-refractivity contribution in [3.63, 3.8) is 0 Å². The highest BCUT2D eigenvalue weighted by Gasteiger charge is 2.16. The highest BCUT2D eigenvalue weighted by Crippen LogP contribution is 2.30. The van der Waals surface area contributed by atoms with Gasteiger partial charge in [0.25, 0.3) is 5.91 Å². The molecular weight excluding hydrogens is 349 g/mol. The van der Waals surface area contributed by atoms with E-state index in [0.717, 1.165) is 11.1 Å². The molecule has 0 saturated carbocycles. The molecule has 0 saturated heterocycles. The number of rotatable bonds is 4. The second-order valence-corrected chi connectivity index (χ2v) is 6.11. The molecule has 4 N–H and O–H groups in total. The predicted octanol–water partition coefficient (Wildman–Crippen LogP) is 3.75. The molecule has 3 rings (SSSR count). The van der Waals surface area contributed by atoms with Crippen LogP contribution in [0.4, 0.5) is 5.69 Å². The number of hydrogen-bond acceptors (Lipinski definition) is 2. The van der Waals surface area contributed by atoms with E-state index in [-0.39, 0.29) is 18.0 Å². The summed E-state index contributed by atoms with van der Waals surface area (Å²) in [7, 11) is 0. The third-order valence-corrected chi connectivity index (χ3v) is 4.14. The standard InChI is InChI=1S/C17H13Cl2N3O2/c18-10-3-6-13-12(8-10)15(19)16(22-13)17(24)21-11-4-1-9(2-5-11)7-14(20)23/h1-6,8,22H,7H2,(H2,20,23)(H,21,24). The first kappa shape index (κ1) is 16.4. The van der Waals surface area contributed by atoms with Crippen LogP contribution in [0.15, 0.2) is 42.5 Å². The molecule has 0 radical (unpaired) electrons. The van der Waals surface area contributed by atoms with E-state index in [0.29, 0.717) is 21.1 Å². The topological polar surface area (TPSA) is 88.0 Å². The van der Waals surface area contributed by atoms with Crippen LogP contribution >= 0.6 is 23.2 Å². The highest BCUT2D eigenvalue weighted by molar-refractivity contribution is 6.40. The first-order valence-electron chi connectivity index (χ1n) is 7.09. The summed E-state index contributed by atoms with van der Waals surface area (Å²) < 4.78 is 0. The van der Waals surface area contributed by atoms with Gasteiger partial charge in [0.05, 0.1) is 11.4 Å². The Balaban J connectivity index is 1.82. The zero-order valence-corrected chi connectivity index (χ0v) is 13.9. The number of primary amides is 1. The van der Waals surface area contributed by atoms with E-state index in [1.165, 1.54) is 0 Å². The molecule has 0 atom stereocenters. The number of hydrogen-bond donors (Lipinski definition) is 3. The van der Waals surface area contributed by atoms with Gasteiger partial charge in [-0.2, -0.15) is 0 Å². The number of anilines is 1. The Morgan fingerprint density at radius 3 is 2.46 bits per heavy atom. The van der Waals surface area contributed by atoms with Gasteiger partial charge < -0.3 is 16.0 Å². The third kappa shape index (κ3) is 3.37. The van der Waals surface area contributed by atoms with Crippen molar-refractivity contribution in [3.05, 3.63) is 63.8 Å². The number of carbonyl (C=O) groups excluding carboxylic acids is 2. The SMILES string of the molecule is NC(=O)Cc1ccc(NC(=O)c2[nH]c3ccc(Cl)cc3c2Cl)cc1. The van der Waals surface area contributed by atoms with E-state index in [2.05, 4.69) is 10.3 Å². The number of carbonyl (C=O) groups is 2. The van der Waals surface area contributed by atoms with Crippen LogP contribution in [0.5, 0.6) is 0 Å². The lowest BCUT2D eigenvalue weighted by molar-refractivity contribution is -0.117. The van der Waals surface area contributed by atoms with Gasteiger partial charge in [-0.3, -0.25) is 9.59 Å². The molecule has 2 aromatic carbocycles. The fourth-order valence-electron chi connectivity index (χ4n) is 2.39. The van der Waals surface area contributed by atoms with E-state index < -0.39 is 5.91 Å². The lowest BCUT2D eigenvalue weighted by atomic mass is 10.1. The van der Waals surface area contributed by atoms with Crippen molar-refractivity contribution in [1.29, 1.82) is 0 Å². The van der Waals surface area contributed by atoms with Crippen LogP contribution in [0.25, 0.3) is 10.9 Å². The Morgan fingerprint density at radius 1 is 1.08 bits per heavy atom. The van der Waals surface area contributed by atoms with Crippen LogP contribution in [0.1, 0.15) is 16.1 Å². The van der Waals surface area contributed by atoms with E-state index in [4.69, 9.17) is 28.9 Å². The van der Waals surface area contributed by atoms with Crippen molar-refractivity contribution < 1.29 is 9.59 Å². The predicted molar refractivity (Wildman–Crippen MR) is 95.6 cm³/mol. The highest BCUT2D eigenvalue weighted by atomic mass is 35.5. The van der Waals surface area contributed by atoms with Gasteiger partial charge in [-0.1, -0.05) is 35.3 Å². The van der Waals surface area contributed by atoms with Crippen LogP contribution in [0, 0.1) is 0 Å². The zero-order valence-electron chi connectivity index (χ0n) is 12.4. The summed E-state index contributed by atoms with van der Waals surface area (Å²) in [5.41, 5.74) is 7.49. The average Bonchev–Trinajstić information content (AvgIpc) is 2.86. The summed E-state index contributed by atoms with van der Waals surface area (Å²) in [4.78, 5) is 26.3. The van der Waals surface area contributed by atoms with E-state index in [1.807, 2.05) is 0 Å². The third-order valence-electron chi connectivity index (χ3n) is 3.51. The van der Waals surface area contributed by atoms with Gasteiger partial charge in [-0.15, -0.1) is 0 Å². The first-order valence-corrected chi connectivity index (χ1v) is 7.85. The maximum Gasteiger partial charge on any atom is 0.273 e. The van der Waals surface area contributed by atoms with Gasteiger partial charge >= 0.3 is 0 Å². The number of aromatic nitrogens is 1. The maximum atomic E-state index is 12.4. The Labute approximate surface area is 147 Å². The van der Waals surface area contributed by atoms with Crippen molar-refractivity contribution >= 4 is 51.6 Å². The molecule has 0 bridgehead atoms. The maximum absolute atomic E-state index is 12.4. The molecule has 1 heterocycles. The van der Waals surface area contributed by atoms with Gasteiger partial charge in [0.15, 0.2) is 0 Å². The summed E-state index contributed by atoms with van der Waals surface area (Å²) in [5.74, 6) is -0.773. The summed E-state index contributed by atoms with van der Waals surface area (Å²) in [6.45, 7) is 0. The average molecular weight is 362 g/mol. The molecule has 2 amide bonds. The fourth-order valence-corrected chi connectivity index (χ4v) is 2.85. The quantitative estimate of drug-likeness (QED) is 0.660. The minimum Gasteiger partial charge on any atom is -0.369 e. The van der Waals surface area contributed by atoms with Gasteiger partial charge in [0, 0.05) is 21.6 Å². The molecular formula is C17H13Cl2N3O2. The van der Waals surface area contributed by atoms with Gasteiger partial charge in [-0.25, -0.2) is 0 Å². The van der Waals surface area contributed by atoms with Gasteiger partial charge in [0.1, 0.15) is 5.69 Å². The number of amides is 2. The molecule has 3 aromatic rings. The Morgan fingerprint density at radius 2 is 1.79 bits per heavy atom. The second-order valence-electron chi connectivity index (χ2n) is 5.30. The number of fused-ring (bicyclic) bond motifs is 1. The number of nitrogens with one attached hydrogen (secondary N) is 2. The number of aromatic amines is 1. The van der Waals surface area contributed by atoms with Crippen LogP contribution in [0.2, 0.25) is 10.0 Å². The molecule has 0 aliphatic heterocycles. The lowest BCUT2D eigenvalue weighted by Gasteiger charge is -2.05. The lowest BCUT2D eigenvalue weighted by Crippen LogP contribution is -2.14. The van der Waals surface area contributed by atoms with Crippen molar-refractivity contribution in [2.75, 3.05) is 5.32 Å². The van der Waals surface area contributed by atoms with Crippen LogP contribution in [-0.4, -0.2) is 16.8 Å². The minimum atomic E-state index is -0.407. The van der Waals surface area contributed by atoms with Crippen LogP contribution < -0.4 is 11.1 Å². The van der Waals surface area contributed by atoms with Crippen molar-refractivity contribution in [2.45, 2.75) is 6.42 Å². The smallest absolute Gasteiger partial charge is 0.273 e. The number of halogens is 2. The Hall–Kier alpha value is -2.50. The molecule has 7 heteroatoms. The summed E-state index contributed by atoms with van der Waals surface area (Å²) >= 11 is 12.2. The van der Waals surface area contributed by atoms with Crippen LogP contribution in [0.3, 0.4) is 0 Å². The van der Waals surface area contributed by atoms with Gasteiger partial charge in [-0.05, 0) is 35.9 Å². The van der Waals surface area contributed by atoms with E-state index in [1.54, 1.807) is 42.5 Å². The summed E-state index contributed by atoms with van der Waals surface area (Å²) in [6.07, 6.45) is 0.156. The Bertz CT molecular complexity index is 933. The molecule has 1 aromatic heterocycles. The first-order chi connectivity index (χ1) is 11.4. The van der Waals surface area contributed by atoms with Crippen molar-refractivity contribution in [3.8, 4) is 0 Å². The normalized spacial score (nSPS) is 10.8. The molecule has 0 unspecified atom stereocenters. The van der Waals surface area contributed by atoms with E-state index in [9.17, 15) is 9.59 Å². The minimum absolute atomic E-state index is 0.156. The molecule has 24 heavy (non-hydrogen) atoms. The van der Waals surface area contributed by atoms with E-state index >= 15 is 0 Å². The monoisotopic (exact) mass is 361 g/mol. The molecule has 0 spiro atoms. The molecule has 0 aliphatic carbocycles. The van der Waals surface area contributed by atoms with Gasteiger partial charge in [0.2, 0.25) is 5.91 Å². The van der Waals surface area contributed by atoms with Crippen molar-refractivity contribution in [1.82, 2.24) is 4.98 Å². The summed E-state index contributed by atoms with van der Waals surface area (Å²) in [6, 6.07) is 12.0. The zero-order chi connectivity index (χ0) is 17.3. The number of H-pyrrole nitrogens is 1. The molecule has 122 valence electrons. The fraction of sp³-hybridized carbons (Fsp3) is 0.0588. The van der Waals surface area contributed by atoms with Crippen LogP contribution in [-0.2, 0) is 11.2 Å². The molecule has 5 nitrogen and oxygen atoms in total. The second kappa shape index (κ2) is 6.55. The Kier molecular flexibility index (Phi) is 4.46. The number of benzene rings is 2. The summed E-state index contributed by atoms with van der Waals surface area (Å²) in [5, 5.41) is 4.29. The van der Waals surface area contributed by atoms with Crippen molar-refractivity contribution in [2.24, 2.45) is 5.73 Å². The number of nitrogens with two attached hydrogens (primary N) is 1. The molecule has 0 fully saturated rings. The largest absolute Gasteiger partial charge is 0.369 e.